The van der Waals surface area contributed by atoms with Gasteiger partial charge < -0.3 is 19.4 Å². The number of thioether (sulfide) groups is 1. The van der Waals surface area contributed by atoms with E-state index in [-0.39, 0.29) is 22.6 Å². The number of aromatic amines is 2. The molecule has 6 rings (SSSR count). The summed E-state index contributed by atoms with van der Waals surface area (Å²) >= 11 is 1.23. The fourth-order valence-corrected chi connectivity index (χ4v) is 6.06. The number of rotatable bonds is 7. The molecule has 3 aromatic carbocycles. The average Bonchev–Trinajstić information content (AvgIpc) is 3.65. The Morgan fingerprint density at radius 2 is 2.02 bits per heavy atom. The fourth-order valence-electron chi connectivity index (χ4n) is 5.35. The molecule has 2 aromatic heterocycles. The van der Waals surface area contributed by atoms with Crippen molar-refractivity contribution in [1.82, 2.24) is 15.0 Å². The highest BCUT2D eigenvalue weighted by atomic mass is 32.2. The number of H-pyrrole nitrogens is 2. The van der Waals surface area contributed by atoms with Crippen molar-refractivity contribution >= 4 is 22.7 Å². The number of hydrogen-bond acceptors (Lipinski definition) is 4. The van der Waals surface area contributed by atoms with Gasteiger partial charge in [-0.05, 0) is 55.9 Å². The van der Waals surface area contributed by atoms with Crippen molar-refractivity contribution in [3.63, 3.8) is 0 Å². The van der Waals surface area contributed by atoms with Crippen molar-refractivity contribution in [1.29, 1.82) is 0 Å². The lowest BCUT2D eigenvalue weighted by Gasteiger charge is -2.36. The highest BCUT2D eigenvalue weighted by Gasteiger charge is 2.37. The van der Waals surface area contributed by atoms with E-state index in [0.717, 1.165) is 22.6 Å². The smallest absolute Gasteiger partial charge is 0.204 e. The lowest BCUT2D eigenvalue weighted by atomic mass is 9.74. The maximum atomic E-state index is 15.1. The van der Waals surface area contributed by atoms with Crippen LogP contribution in [0.15, 0.2) is 72.4 Å². The molecule has 0 bridgehead atoms. The van der Waals surface area contributed by atoms with E-state index in [1.165, 1.54) is 30.0 Å². The molecule has 204 valence electrons. The van der Waals surface area contributed by atoms with Gasteiger partial charge in [0.05, 0.1) is 22.6 Å². The van der Waals surface area contributed by atoms with Gasteiger partial charge in [-0.15, -0.1) is 18.3 Å². The van der Waals surface area contributed by atoms with Gasteiger partial charge in [-0.25, -0.2) is 13.8 Å². The topological polar surface area (TPSA) is 62.9 Å². The minimum absolute atomic E-state index is 0.0666. The Balaban J connectivity index is 1.37. The number of fused-ring (bicyclic) bond motifs is 2. The van der Waals surface area contributed by atoms with E-state index in [1.807, 2.05) is 24.3 Å². The van der Waals surface area contributed by atoms with Crippen LogP contribution in [0.25, 0.3) is 22.3 Å². The van der Waals surface area contributed by atoms with Crippen LogP contribution >= 0.6 is 11.8 Å². The standard InChI is InChI=1S/C31H26F3N3O2S/c1-4-6-17-7-5-8-21-27(17)38-14-12-31(21,2)23-16-36-30(37-23)20-15-18(9-10-22(20)32)39-28-25(34)24(33)26-19(11-13-35-26)29(28)40-3/h4-5,7-11,13,15-16,35H,1,6,12,14H2,2-3H3,(H,36,37). The quantitative estimate of drug-likeness (QED) is 0.155. The number of halogens is 3. The molecule has 0 radical (unpaired) electrons. The lowest BCUT2D eigenvalue weighted by molar-refractivity contribution is 0.239. The van der Waals surface area contributed by atoms with Crippen molar-refractivity contribution in [3.8, 4) is 28.6 Å². The molecule has 0 saturated heterocycles. The molecule has 0 amide bonds. The first-order chi connectivity index (χ1) is 19.4. The monoisotopic (exact) mass is 561 g/mol. The molecule has 5 aromatic rings. The lowest BCUT2D eigenvalue weighted by Crippen LogP contribution is -2.32. The van der Waals surface area contributed by atoms with Crippen LogP contribution in [-0.4, -0.2) is 27.8 Å². The van der Waals surface area contributed by atoms with Gasteiger partial charge in [-0.2, -0.15) is 4.39 Å². The molecule has 1 aliphatic rings. The third-order valence-corrected chi connectivity index (χ3v) is 8.31. The second kappa shape index (κ2) is 10.1. The molecule has 5 nitrogen and oxygen atoms in total. The Bertz CT molecular complexity index is 1760. The molecule has 0 saturated carbocycles. The highest BCUT2D eigenvalue weighted by molar-refractivity contribution is 7.99. The maximum Gasteiger partial charge on any atom is 0.204 e. The molecule has 0 aliphatic carbocycles. The Kier molecular flexibility index (Phi) is 6.62. The van der Waals surface area contributed by atoms with E-state index in [9.17, 15) is 4.39 Å². The van der Waals surface area contributed by atoms with Crippen LogP contribution in [0.1, 0.15) is 30.2 Å². The first-order valence-electron chi connectivity index (χ1n) is 12.8. The largest absolute Gasteiger partial charge is 0.493 e. The van der Waals surface area contributed by atoms with Crippen LogP contribution < -0.4 is 9.47 Å². The summed E-state index contributed by atoms with van der Waals surface area (Å²) in [6.07, 6.45) is 8.23. The van der Waals surface area contributed by atoms with Gasteiger partial charge in [0.1, 0.15) is 23.1 Å². The van der Waals surface area contributed by atoms with Crippen molar-refractivity contribution in [2.75, 3.05) is 12.9 Å². The van der Waals surface area contributed by atoms with Gasteiger partial charge in [0.15, 0.2) is 11.6 Å². The predicted octanol–water partition coefficient (Wildman–Crippen LogP) is 8.31. The van der Waals surface area contributed by atoms with Gasteiger partial charge in [-0.1, -0.05) is 24.3 Å². The number of imidazole rings is 1. The SMILES string of the molecule is C=CCc1cccc2c1OCCC2(C)c1cnc(-c2cc(Oc3c(F)c(F)c4[nH]ccc4c3SC)ccc2F)[nH]1. The summed E-state index contributed by atoms with van der Waals surface area (Å²) < 4.78 is 56.8. The number of nitrogens with one attached hydrogen (secondary N) is 2. The van der Waals surface area contributed by atoms with Gasteiger partial charge >= 0.3 is 0 Å². The summed E-state index contributed by atoms with van der Waals surface area (Å²) in [5, 5.41) is 0.501. The minimum atomic E-state index is -1.12. The number of ether oxygens (including phenoxy) is 2. The molecule has 3 heterocycles. The van der Waals surface area contributed by atoms with Gasteiger partial charge in [-0.3, -0.25) is 0 Å². The van der Waals surface area contributed by atoms with Crippen molar-refractivity contribution in [2.24, 2.45) is 0 Å². The molecular weight excluding hydrogens is 535 g/mol. The zero-order chi connectivity index (χ0) is 28.0. The average molecular weight is 562 g/mol. The highest BCUT2D eigenvalue weighted by Crippen LogP contribution is 2.45. The Morgan fingerprint density at radius 3 is 2.83 bits per heavy atom. The zero-order valence-corrected chi connectivity index (χ0v) is 22.7. The number of nitrogens with zero attached hydrogens (tertiary/aromatic N) is 1. The minimum Gasteiger partial charge on any atom is -0.493 e. The van der Waals surface area contributed by atoms with Crippen molar-refractivity contribution < 1.29 is 22.6 Å². The number of benzene rings is 3. The molecule has 0 spiro atoms. The predicted molar refractivity (Wildman–Crippen MR) is 151 cm³/mol. The molecule has 0 fully saturated rings. The van der Waals surface area contributed by atoms with Crippen LogP contribution in [0.4, 0.5) is 13.2 Å². The summed E-state index contributed by atoms with van der Waals surface area (Å²) in [6, 6.07) is 11.8. The van der Waals surface area contributed by atoms with Crippen molar-refractivity contribution in [2.45, 2.75) is 30.1 Å². The van der Waals surface area contributed by atoms with E-state index in [0.29, 0.717) is 35.6 Å². The summed E-state index contributed by atoms with van der Waals surface area (Å²) in [4.78, 5) is 11.0. The summed E-state index contributed by atoms with van der Waals surface area (Å²) in [5.74, 6) is -1.65. The molecule has 2 N–H and O–H groups in total. The van der Waals surface area contributed by atoms with Crippen LogP contribution in [0.5, 0.6) is 17.2 Å². The first kappa shape index (κ1) is 26.1. The molecule has 9 heteroatoms. The number of aromatic nitrogens is 3. The number of hydrogen-bond donors (Lipinski definition) is 2. The summed E-state index contributed by atoms with van der Waals surface area (Å²) in [6.45, 7) is 6.48. The first-order valence-corrected chi connectivity index (χ1v) is 14.0. The Hall–Kier alpha value is -4.11. The molecule has 40 heavy (non-hydrogen) atoms. The van der Waals surface area contributed by atoms with E-state index < -0.39 is 22.9 Å². The van der Waals surface area contributed by atoms with E-state index in [4.69, 9.17) is 9.47 Å². The fraction of sp³-hybridized carbons (Fsp3) is 0.194. The van der Waals surface area contributed by atoms with E-state index >= 15 is 8.78 Å². The van der Waals surface area contributed by atoms with Crippen LogP contribution in [0.2, 0.25) is 0 Å². The van der Waals surface area contributed by atoms with Gasteiger partial charge in [0.2, 0.25) is 5.82 Å². The molecule has 1 aliphatic heterocycles. The van der Waals surface area contributed by atoms with E-state index in [1.54, 1.807) is 24.7 Å². The third kappa shape index (κ3) is 4.16. The molecule has 1 atom stereocenters. The van der Waals surface area contributed by atoms with Crippen LogP contribution in [0, 0.1) is 17.5 Å². The summed E-state index contributed by atoms with van der Waals surface area (Å²) in [5.41, 5.74) is 2.66. The van der Waals surface area contributed by atoms with Gasteiger partial charge in [0, 0.05) is 34.5 Å². The van der Waals surface area contributed by atoms with Gasteiger partial charge in [0.25, 0.3) is 0 Å². The second-order valence-corrected chi connectivity index (χ2v) is 10.7. The summed E-state index contributed by atoms with van der Waals surface area (Å²) in [7, 11) is 0. The third-order valence-electron chi connectivity index (χ3n) is 7.50. The normalized spacial score (nSPS) is 16.5. The van der Waals surface area contributed by atoms with Crippen molar-refractivity contribution in [3.05, 3.63) is 102 Å². The maximum absolute atomic E-state index is 15.1. The van der Waals surface area contributed by atoms with Crippen LogP contribution in [0.3, 0.4) is 0 Å². The number of allylic oxidation sites excluding steroid dienone is 1. The Morgan fingerprint density at radius 1 is 1.18 bits per heavy atom. The number of para-hydroxylation sites is 1. The molecule has 1 unspecified atom stereocenters. The second-order valence-electron chi connectivity index (χ2n) is 9.86. The van der Waals surface area contributed by atoms with E-state index in [2.05, 4.69) is 28.5 Å². The van der Waals surface area contributed by atoms with Crippen LogP contribution in [-0.2, 0) is 11.8 Å². The zero-order valence-electron chi connectivity index (χ0n) is 21.9. The molecular formula is C31H26F3N3O2S. The Labute approximate surface area is 233 Å².